The van der Waals surface area contributed by atoms with Crippen LogP contribution in [0.5, 0.6) is 5.75 Å². The summed E-state index contributed by atoms with van der Waals surface area (Å²) in [6.45, 7) is 0. The second-order valence-corrected chi connectivity index (χ2v) is 6.31. The third kappa shape index (κ3) is 5.73. The summed E-state index contributed by atoms with van der Waals surface area (Å²) in [5.74, 6) is -0.0677. The van der Waals surface area contributed by atoms with Crippen LogP contribution in [-0.4, -0.2) is 30.1 Å². The van der Waals surface area contributed by atoms with Gasteiger partial charge < -0.3 is 10.1 Å². The number of nitrogens with one attached hydrogen (secondary N) is 2. The first-order chi connectivity index (χ1) is 15.0. The van der Waals surface area contributed by atoms with Crippen LogP contribution in [0.3, 0.4) is 0 Å². The fourth-order valence-corrected chi connectivity index (χ4v) is 2.56. The highest BCUT2D eigenvalue weighted by molar-refractivity contribution is 6.04. The topological polar surface area (TPSA) is 123 Å². The van der Waals surface area contributed by atoms with E-state index in [1.165, 1.54) is 30.5 Å². The molecule has 9 nitrogen and oxygen atoms in total. The monoisotopic (exact) mass is 418 g/mol. The number of non-ortho nitro benzene ring substituents is 1. The Bertz CT molecular complexity index is 1110. The molecule has 0 aliphatic rings. The van der Waals surface area contributed by atoms with Gasteiger partial charge in [-0.15, -0.1) is 0 Å². The molecular formula is C22H18N4O5. The maximum atomic E-state index is 12.3. The van der Waals surface area contributed by atoms with Gasteiger partial charge in [0.05, 0.1) is 18.2 Å². The number of carbonyl (C=O) groups is 2. The Morgan fingerprint density at radius 2 is 1.48 bits per heavy atom. The van der Waals surface area contributed by atoms with Crippen LogP contribution in [0.15, 0.2) is 77.9 Å². The summed E-state index contributed by atoms with van der Waals surface area (Å²) in [6, 6.07) is 18.8. The van der Waals surface area contributed by atoms with Gasteiger partial charge in [-0.1, -0.05) is 0 Å². The van der Waals surface area contributed by atoms with Gasteiger partial charge in [-0.3, -0.25) is 19.7 Å². The largest absolute Gasteiger partial charge is 0.497 e. The van der Waals surface area contributed by atoms with Crippen molar-refractivity contribution in [2.75, 3.05) is 12.4 Å². The Hall–Kier alpha value is -4.53. The first kappa shape index (κ1) is 21.2. The van der Waals surface area contributed by atoms with E-state index in [4.69, 9.17) is 4.74 Å². The maximum Gasteiger partial charge on any atom is 0.271 e. The molecular weight excluding hydrogens is 400 g/mol. The third-order valence-electron chi connectivity index (χ3n) is 4.24. The standard InChI is InChI=1S/C22H18N4O5/c1-31-20-12-6-16(7-13-20)21(27)24-18-8-4-17(5-9-18)22(28)25-23-14-15-2-10-19(11-3-15)26(29)30/h2-14H,1H3,(H,24,27)(H,25,28)/b23-14-. The number of benzene rings is 3. The number of hydrazone groups is 1. The lowest BCUT2D eigenvalue weighted by molar-refractivity contribution is -0.384. The lowest BCUT2D eigenvalue weighted by Crippen LogP contribution is -2.17. The lowest BCUT2D eigenvalue weighted by Gasteiger charge is -2.07. The molecule has 0 unspecified atom stereocenters. The molecule has 0 aromatic heterocycles. The molecule has 3 aromatic carbocycles. The molecule has 0 spiro atoms. The summed E-state index contributed by atoms with van der Waals surface area (Å²) in [5.41, 5.74) is 4.31. The first-order valence-electron chi connectivity index (χ1n) is 9.09. The number of nitro groups is 1. The highest BCUT2D eigenvalue weighted by atomic mass is 16.6. The fourth-order valence-electron chi connectivity index (χ4n) is 2.56. The number of hydrogen-bond donors (Lipinski definition) is 2. The van der Waals surface area contributed by atoms with E-state index < -0.39 is 10.8 Å². The Labute approximate surface area is 177 Å². The Morgan fingerprint density at radius 1 is 0.903 bits per heavy atom. The van der Waals surface area contributed by atoms with Crippen molar-refractivity contribution in [3.8, 4) is 5.75 Å². The van der Waals surface area contributed by atoms with Crippen LogP contribution in [0.2, 0.25) is 0 Å². The van der Waals surface area contributed by atoms with Crippen molar-refractivity contribution in [1.82, 2.24) is 5.43 Å². The molecule has 3 aromatic rings. The molecule has 2 N–H and O–H groups in total. The van der Waals surface area contributed by atoms with E-state index in [-0.39, 0.29) is 11.6 Å². The number of anilines is 1. The number of amides is 2. The summed E-state index contributed by atoms with van der Waals surface area (Å²) < 4.78 is 5.07. The molecule has 0 saturated carbocycles. The predicted molar refractivity (Wildman–Crippen MR) is 116 cm³/mol. The number of carbonyl (C=O) groups excluding carboxylic acids is 2. The maximum absolute atomic E-state index is 12.3. The second kappa shape index (κ2) is 9.79. The SMILES string of the molecule is COc1ccc(C(=O)Nc2ccc(C(=O)N/N=C\c3ccc([N+](=O)[O-])cc3)cc2)cc1. The Morgan fingerprint density at radius 3 is 2.06 bits per heavy atom. The molecule has 0 fully saturated rings. The summed E-state index contributed by atoms with van der Waals surface area (Å²) in [6.07, 6.45) is 1.38. The first-order valence-corrected chi connectivity index (χ1v) is 9.09. The van der Waals surface area contributed by atoms with E-state index in [1.807, 2.05) is 0 Å². The highest BCUT2D eigenvalue weighted by Gasteiger charge is 2.08. The third-order valence-corrected chi connectivity index (χ3v) is 4.24. The summed E-state index contributed by atoms with van der Waals surface area (Å²) >= 11 is 0. The van der Waals surface area contributed by atoms with E-state index in [1.54, 1.807) is 55.6 Å². The number of methoxy groups -OCH3 is 1. The Balaban J connectivity index is 1.55. The quantitative estimate of drug-likeness (QED) is 0.345. The van der Waals surface area contributed by atoms with Crippen molar-refractivity contribution in [2.45, 2.75) is 0 Å². The van der Waals surface area contributed by atoms with Crippen LogP contribution in [-0.2, 0) is 0 Å². The summed E-state index contributed by atoms with van der Waals surface area (Å²) in [5, 5.41) is 17.2. The van der Waals surface area contributed by atoms with Gasteiger partial charge in [-0.2, -0.15) is 5.10 Å². The molecule has 0 saturated heterocycles. The van der Waals surface area contributed by atoms with Crippen LogP contribution >= 0.6 is 0 Å². The van der Waals surface area contributed by atoms with Crippen LogP contribution < -0.4 is 15.5 Å². The van der Waals surface area contributed by atoms with Gasteiger partial charge in [0.2, 0.25) is 0 Å². The minimum Gasteiger partial charge on any atom is -0.497 e. The number of nitro benzene ring substituents is 1. The smallest absolute Gasteiger partial charge is 0.271 e. The molecule has 0 bridgehead atoms. The molecule has 9 heteroatoms. The highest BCUT2D eigenvalue weighted by Crippen LogP contribution is 2.15. The van der Waals surface area contributed by atoms with Crippen LogP contribution in [0.1, 0.15) is 26.3 Å². The van der Waals surface area contributed by atoms with Crippen molar-refractivity contribution in [3.63, 3.8) is 0 Å². The number of nitrogens with zero attached hydrogens (tertiary/aromatic N) is 2. The molecule has 3 rings (SSSR count). The zero-order valence-electron chi connectivity index (χ0n) is 16.4. The zero-order chi connectivity index (χ0) is 22.2. The number of rotatable bonds is 7. The van der Waals surface area contributed by atoms with Gasteiger partial charge in [0.25, 0.3) is 17.5 Å². The summed E-state index contributed by atoms with van der Waals surface area (Å²) in [4.78, 5) is 34.6. The Kier molecular flexibility index (Phi) is 6.69. The normalized spacial score (nSPS) is 10.5. The lowest BCUT2D eigenvalue weighted by atomic mass is 10.1. The van der Waals surface area contributed by atoms with Crippen molar-refractivity contribution in [1.29, 1.82) is 0 Å². The summed E-state index contributed by atoms with van der Waals surface area (Å²) in [7, 11) is 1.55. The number of ether oxygens (including phenoxy) is 1. The average Bonchev–Trinajstić information content (AvgIpc) is 2.80. The van der Waals surface area contributed by atoms with E-state index in [2.05, 4.69) is 15.8 Å². The van der Waals surface area contributed by atoms with Gasteiger partial charge in [0, 0.05) is 28.9 Å². The van der Waals surface area contributed by atoms with Gasteiger partial charge in [0.1, 0.15) is 5.75 Å². The average molecular weight is 418 g/mol. The van der Waals surface area contributed by atoms with Crippen molar-refractivity contribution < 1.29 is 19.2 Å². The molecule has 0 atom stereocenters. The van der Waals surface area contributed by atoms with Crippen LogP contribution in [0, 0.1) is 10.1 Å². The molecule has 156 valence electrons. The minimum absolute atomic E-state index is 0.0274. The van der Waals surface area contributed by atoms with Gasteiger partial charge in [-0.25, -0.2) is 5.43 Å². The van der Waals surface area contributed by atoms with Crippen molar-refractivity contribution in [3.05, 3.63) is 99.6 Å². The van der Waals surface area contributed by atoms with Gasteiger partial charge >= 0.3 is 0 Å². The molecule has 0 heterocycles. The van der Waals surface area contributed by atoms with Crippen LogP contribution in [0.4, 0.5) is 11.4 Å². The van der Waals surface area contributed by atoms with Crippen molar-refractivity contribution >= 4 is 29.4 Å². The van der Waals surface area contributed by atoms with E-state index in [9.17, 15) is 19.7 Å². The molecule has 0 aliphatic carbocycles. The number of hydrogen-bond acceptors (Lipinski definition) is 6. The molecule has 0 radical (unpaired) electrons. The van der Waals surface area contributed by atoms with Gasteiger partial charge in [-0.05, 0) is 66.2 Å². The fraction of sp³-hybridized carbons (Fsp3) is 0.0455. The second-order valence-electron chi connectivity index (χ2n) is 6.31. The van der Waals surface area contributed by atoms with E-state index >= 15 is 0 Å². The molecule has 2 amide bonds. The molecule has 31 heavy (non-hydrogen) atoms. The molecule has 0 aliphatic heterocycles. The van der Waals surface area contributed by atoms with Crippen molar-refractivity contribution in [2.24, 2.45) is 5.10 Å². The van der Waals surface area contributed by atoms with E-state index in [0.29, 0.717) is 28.1 Å². The van der Waals surface area contributed by atoms with E-state index in [0.717, 1.165) is 0 Å². The minimum atomic E-state index is -0.494. The zero-order valence-corrected chi connectivity index (χ0v) is 16.4. The van der Waals surface area contributed by atoms with Crippen LogP contribution in [0.25, 0.3) is 0 Å². The predicted octanol–water partition coefficient (Wildman–Crippen LogP) is 3.62. The van der Waals surface area contributed by atoms with Gasteiger partial charge in [0.15, 0.2) is 0 Å².